The molecule has 2 heteroatoms. The number of piperidine rings is 1. The number of hydrogen-bond acceptors (Lipinski definition) is 2. The van der Waals surface area contributed by atoms with Gasteiger partial charge in [-0.15, -0.1) is 6.42 Å². The molecule has 0 bridgehead atoms. The second-order valence-electron chi connectivity index (χ2n) is 3.32. The van der Waals surface area contributed by atoms with Crippen molar-refractivity contribution in [2.24, 2.45) is 0 Å². The van der Waals surface area contributed by atoms with Crippen molar-refractivity contribution in [2.45, 2.75) is 38.3 Å². The summed E-state index contributed by atoms with van der Waals surface area (Å²) in [4.78, 5) is 0. The van der Waals surface area contributed by atoms with E-state index >= 15 is 0 Å². The van der Waals surface area contributed by atoms with Gasteiger partial charge in [0.25, 0.3) is 0 Å². The van der Waals surface area contributed by atoms with Gasteiger partial charge in [0.1, 0.15) is 0 Å². The van der Waals surface area contributed by atoms with Crippen LogP contribution in [0.15, 0.2) is 0 Å². The molecule has 0 aromatic heterocycles. The van der Waals surface area contributed by atoms with Crippen LogP contribution < -0.4 is 10.6 Å². The van der Waals surface area contributed by atoms with E-state index in [2.05, 4.69) is 23.5 Å². The van der Waals surface area contributed by atoms with E-state index in [1.54, 1.807) is 0 Å². The lowest BCUT2D eigenvalue weighted by molar-refractivity contribution is 0.368. The molecule has 1 heterocycles. The quantitative estimate of drug-likeness (QED) is 0.604. The second-order valence-corrected chi connectivity index (χ2v) is 3.32. The van der Waals surface area contributed by atoms with E-state index < -0.39 is 0 Å². The molecular weight excluding hydrogens is 148 g/mol. The zero-order valence-corrected chi connectivity index (χ0v) is 7.77. The Bertz CT molecular complexity index is 154. The van der Waals surface area contributed by atoms with Gasteiger partial charge in [-0.3, -0.25) is 0 Å². The molecule has 68 valence electrons. The van der Waals surface area contributed by atoms with Gasteiger partial charge in [0, 0.05) is 6.04 Å². The highest BCUT2D eigenvalue weighted by molar-refractivity contribution is 4.99. The molecular formula is C10H18N2. The van der Waals surface area contributed by atoms with E-state index in [9.17, 15) is 0 Å². The molecule has 1 rings (SSSR count). The summed E-state index contributed by atoms with van der Waals surface area (Å²) in [6, 6.07) is 0.903. The van der Waals surface area contributed by atoms with Gasteiger partial charge in [0.05, 0.1) is 6.04 Å². The molecule has 0 spiro atoms. The van der Waals surface area contributed by atoms with Gasteiger partial charge in [-0.2, -0.15) is 0 Å². The first-order valence-corrected chi connectivity index (χ1v) is 4.79. The van der Waals surface area contributed by atoms with Gasteiger partial charge in [-0.1, -0.05) is 12.8 Å². The highest BCUT2D eigenvalue weighted by atomic mass is 15.0. The fourth-order valence-corrected chi connectivity index (χ4v) is 1.56. The fourth-order valence-electron chi connectivity index (χ4n) is 1.56. The lowest BCUT2D eigenvalue weighted by Crippen LogP contribution is -2.44. The minimum absolute atomic E-state index is 0.271. The van der Waals surface area contributed by atoms with Crippen LogP contribution in [0.2, 0.25) is 0 Å². The van der Waals surface area contributed by atoms with Crippen molar-refractivity contribution in [3.05, 3.63) is 0 Å². The van der Waals surface area contributed by atoms with Crippen LogP contribution in [0.5, 0.6) is 0 Å². The van der Waals surface area contributed by atoms with Crippen molar-refractivity contribution in [2.75, 3.05) is 13.1 Å². The van der Waals surface area contributed by atoms with Crippen molar-refractivity contribution in [1.82, 2.24) is 10.6 Å². The predicted molar refractivity (Wildman–Crippen MR) is 51.9 cm³/mol. The first-order chi connectivity index (χ1) is 5.86. The SMILES string of the molecule is C#CC(CC)NC1CCNCC1. The minimum Gasteiger partial charge on any atom is -0.317 e. The average Bonchev–Trinajstić information content (AvgIpc) is 2.16. The Hall–Kier alpha value is -0.520. The summed E-state index contributed by atoms with van der Waals surface area (Å²) in [6.45, 7) is 4.37. The van der Waals surface area contributed by atoms with Crippen LogP contribution in [0.1, 0.15) is 26.2 Å². The standard InChI is InChI=1S/C10H18N2/c1-3-9(4-2)12-10-5-7-11-8-6-10/h1,9-12H,4-8H2,2H3. The normalized spacial score (nSPS) is 21.7. The van der Waals surface area contributed by atoms with Gasteiger partial charge in [0.2, 0.25) is 0 Å². The summed E-state index contributed by atoms with van der Waals surface area (Å²) < 4.78 is 0. The van der Waals surface area contributed by atoms with Crippen LogP contribution in [0.3, 0.4) is 0 Å². The monoisotopic (exact) mass is 166 g/mol. The molecule has 2 nitrogen and oxygen atoms in total. The summed E-state index contributed by atoms with van der Waals surface area (Å²) in [5.74, 6) is 2.77. The second kappa shape index (κ2) is 5.18. The summed E-state index contributed by atoms with van der Waals surface area (Å²) in [6.07, 6.45) is 8.81. The lowest BCUT2D eigenvalue weighted by atomic mass is 10.1. The Morgan fingerprint density at radius 1 is 1.58 bits per heavy atom. The predicted octanol–water partition coefficient (Wildman–Crippen LogP) is 0.740. The zero-order valence-electron chi connectivity index (χ0n) is 7.77. The fraction of sp³-hybridized carbons (Fsp3) is 0.800. The first kappa shape index (κ1) is 9.57. The number of nitrogens with one attached hydrogen (secondary N) is 2. The van der Waals surface area contributed by atoms with Gasteiger partial charge in [-0.05, 0) is 32.4 Å². The van der Waals surface area contributed by atoms with Crippen LogP contribution in [0.4, 0.5) is 0 Å². The van der Waals surface area contributed by atoms with E-state index in [1.165, 1.54) is 12.8 Å². The summed E-state index contributed by atoms with van der Waals surface area (Å²) in [5, 5.41) is 6.81. The van der Waals surface area contributed by atoms with E-state index in [4.69, 9.17) is 6.42 Å². The third kappa shape index (κ3) is 2.84. The Balaban J connectivity index is 2.24. The molecule has 1 unspecified atom stereocenters. The van der Waals surface area contributed by atoms with E-state index in [-0.39, 0.29) is 6.04 Å². The molecule has 0 aromatic rings. The van der Waals surface area contributed by atoms with Crippen LogP contribution in [0.25, 0.3) is 0 Å². The molecule has 12 heavy (non-hydrogen) atoms. The van der Waals surface area contributed by atoms with Gasteiger partial charge in [-0.25, -0.2) is 0 Å². The smallest absolute Gasteiger partial charge is 0.0686 e. The molecule has 0 amide bonds. The largest absolute Gasteiger partial charge is 0.317 e. The average molecular weight is 166 g/mol. The topological polar surface area (TPSA) is 24.1 Å². The lowest BCUT2D eigenvalue weighted by Gasteiger charge is -2.26. The molecule has 0 saturated carbocycles. The van der Waals surface area contributed by atoms with Crippen LogP contribution in [-0.4, -0.2) is 25.2 Å². The third-order valence-electron chi connectivity index (χ3n) is 2.39. The Labute approximate surface area is 75.1 Å². The van der Waals surface area contributed by atoms with Crippen molar-refractivity contribution in [3.8, 4) is 12.3 Å². The molecule has 1 fully saturated rings. The molecule has 1 saturated heterocycles. The molecule has 0 radical (unpaired) electrons. The molecule has 2 N–H and O–H groups in total. The van der Waals surface area contributed by atoms with Crippen LogP contribution in [0, 0.1) is 12.3 Å². The maximum atomic E-state index is 5.37. The first-order valence-electron chi connectivity index (χ1n) is 4.79. The maximum Gasteiger partial charge on any atom is 0.0686 e. The molecule has 1 aliphatic heterocycles. The van der Waals surface area contributed by atoms with Crippen molar-refractivity contribution in [3.63, 3.8) is 0 Å². The maximum absolute atomic E-state index is 5.37. The van der Waals surface area contributed by atoms with Crippen molar-refractivity contribution in [1.29, 1.82) is 0 Å². The van der Waals surface area contributed by atoms with E-state index in [0.717, 1.165) is 19.5 Å². The van der Waals surface area contributed by atoms with Crippen molar-refractivity contribution < 1.29 is 0 Å². The van der Waals surface area contributed by atoms with Crippen LogP contribution in [-0.2, 0) is 0 Å². The summed E-state index contributed by atoms with van der Waals surface area (Å²) in [5.41, 5.74) is 0. The third-order valence-corrected chi connectivity index (χ3v) is 2.39. The van der Waals surface area contributed by atoms with E-state index in [0.29, 0.717) is 6.04 Å². The highest BCUT2D eigenvalue weighted by Crippen LogP contribution is 2.03. The van der Waals surface area contributed by atoms with Crippen molar-refractivity contribution >= 4 is 0 Å². The van der Waals surface area contributed by atoms with Crippen LogP contribution >= 0.6 is 0 Å². The zero-order chi connectivity index (χ0) is 8.81. The highest BCUT2D eigenvalue weighted by Gasteiger charge is 2.14. The number of rotatable bonds is 3. The summed E-state index contributed by atoms with van der Waals surface area (Å²) >= 11 is 0. The number of terminal acetylenes is 1. The molecule has 1 atom stereocenters. The Morgan fingerprint density at radius 3 is 2.75 bits per heavy atom. The summed E-state index contributed by atoms with van der Waals surface area (Å²) in [7, 11) is 0. The molecule has 0 aliphatic carbocycles. The van der Waals surface area contributed by atoms with Gasteiger partial charge >= 0.3 is 0 Å². The Morgan fingerprint density at radius 2 is 2.25 bits per heavy atom. The molecule has 1 aliphatic rings. The Kier molecular flexibility index (Phi) is 4.13. The number of hydrogen-bond donors (Lipinski definition) is 2. The molecule has 0 aromatic carbocycles. The minimum atomic E-state index is 0.271. The van der Waals surface area contributed by atoms with Gasteiger partial charge in [0.15, 0.2) is 0 Å². The van der Waals surface area contributed by atoms with E-state index in [1.807, 2.05) is 0 Å². The van der Waals surface area contributed by atoms with Gasteiger partial charge < -0.3 is 10.6 Å².